The molecule has 4 nitrogen and oxygen atoms in total. The highest BCUT2D eigenvalue weighted by molar-refractivity contribution is 6.31. The molecule has 0 aliphatic rings. The quantitative estimate of drug-likeness (QED) is 0.881. The molecule has 0 saturated heterocycles. The molecule has 0 aromatic heterocycles. The highest BCUT2D eigenvalue weighted by Gasteiger charge is 2.25. The van der Waals surface area contributed by atoms with E-state index in [0.717, 1.165) is 0 Å². The molecule has 118 valence electrons. The van der Waals surface area contributed by atoms with Crippen molar-refractivity contribution in [3.63, 3.8) is 0 Å². The molecule has 3 N–H and O–H groups in total. The molecular formula is C14H19ClF2N2O2. The molecule has 0 aliphatic heterocycles. The van der Waals surface area contributed by atoms with Crippen LogP contribution in [0.1, 0.15) is 32.3 Å². The molecule has 1 aromatic rings. The molecule has 1 unspecified atom stereocenters. The SMILES string of the molecule is CC(C)(C)OC(=O)Nc1cc(Cl)ccc1C(CN)C(F)F. The standard InChI is InChI=1S/C14H19ClF2N2O2/c1-14(2,3)21-13(20)19-11-6-8(15)4-5-9(11)10(7-18)12(16)17/h4-6,10,12H,7,18H2,1-3H3,(H,19,20). The van der Waals surface area contributed by atoms with Gasteiger partial charge in [0.15, 0.2) is 0 Å². The van der Waals surface area contributed by atoms with Crippen LogP contribution in [-0.4, -0.2) is 24.7 Å². The van der Waals surface area contributed by atoms with E-state index in [9.17, 15) is 13.6 Å². The summed E-state index contributed by atoms with van der Waals surface area (Å²) < 4.78 is 31.1. The van der Waals surface area contributed by atoms with Crippen molar-refractivity contribution >= 4 is 23.4 Å². The topological polar surface area (TPSA) is 64.3 Å². The summed E-state index contributed by atoms with van der Waals surface area (Å²) in [6, 6.07) is 4.30. The highest BCUT2D eigenvalue weighted by atomic mass is 35.5. The second-order valence-corrected chi connectivity index (χ2v) is 5.97. The van der Waals surface area contributed by atoms with Crippen LogP contribution in [0.15, 0.2) is 18.2 Å². The Morgan fingerprint density at radius 3 is 2.52 bits per heavy atom. The summed E-state index contributed by atoms with van der Waals surface area (Å²) in [4.78, 5) is 11.8. The monoisotopic (exact) mass is 320 g/mol. The van der Waals surface area contributed by atoms with Gasteiger partial charge in [-0.05, 0) is 38.5 Å². The minimum atomic E-state index is -2.64. The number of anilines is 1. The molecule has 0 heterocycles. The number of rotatable bonds is 4. The molecule has 0 fully saturated rings. The Kier molecular flexibility index (Phi) is 5.92. The predicted molar refractivity (Wildman–Crippen MR) is 79.1 cm³/mol. The van der Waals surface area contributed by atoms with Crippen molar-refractivity contribution in [1.29, 1.82) is 0 Å². The van der Waals surface area contributed by atoms with Crippen molar-refractivity contribution in [2.45, 2.75) is 38.7 Å². The number of hydrogen-bond donors (Lipinski definition) is 2. The Labute approximate surface area is 127 Å². The van der Waals surface area contributed by atoms with Crippen molar-refractivity contribution in [2.75, 3.05) is 11.9 Å². The molecule has 0 spiro atoms. The van der Waals surface area contributed by atoms with E-state index in [1.807, 2.05) is 0 Å². The number of benzene rings is 1. The van der Waals surface area contributed by atoms with Crippen LogP contribution in [0.25, 0.3) is 0 Å². The first-order valence-corrected chi connectivity index (χ1v) is 6.79. The molecule has 21 heavy (non-hydrogen) atoms. The molecule has 0 bridgehead atoms. The Morgan fingerprint density at radius 2 is 2.05 bits per heavy atom. The van der Waals surface area contributed by atoms with Gasteiger partial charge in [0.2, 0.25) is 6.43 Å². The van der Waals surface area contributed by atoms with Gasteiger partial charge < -0.3 is 10.5 Å². The van der Waals surface area contributed by atoms with E-state index in [-0.39, 0.29) is 17.8 Å². The van der Waals surface area contributed by atoms with Gasteiger partial charge >= 0.3 is 6.09 Å². The number of hydrogen-bond acceptors (Lipinski definition) is 3. The first-order valence-electron chi connectivity index (χ1n) is 6.41. The molecular weight excluding hydrogens is 302 g/mol. The minimum Gasteiger partial charge on any atom is -0.444 e. The van der Waals surface area contributed by atoms with Gasteiger partial charge in [0.05, 0.1) is 5.92 Å². The third kappa shape index (κ3) is 5.47. The van der Waals surface area contributed by atoms with Gasteiger partial charge in [-0.2, -0.15) is 0 Å². The summed E-state index contributed by atoms with van der Waals surface area (Å²) in [7, 11) is 0. The number of nitrogens with one attached hydrogen (secondary N) is 1. The van der Waals surface area contributed by atoms with E-state index in [1.54, 1.807) is 20.8 Å². The number of halogens is 3. The zero-order valence-electron chi connectivity index (χ0n) is 12.1. The van der Waals surface area contributed by atoms with Gasteiger partial charge in [-0.15, -0.1) is 0 Å². The van der Waals surface area contributed by atoms with Crippen molar-refractivity contribution in [3.8, 4) is 0 Å². The smallest absolute Gasteiger partial charge is 0.412 e. The van der Waals surface area contributed by atoms with E-state index in [2.05, 4.69) is 5.32 Å². The van der Waals surface area contributed by atoms with Gasteiger partial charge in [0.25, 0.3) is 0 Å². The summed E-state index contributed by atoms with van der Waals surface area (Å²) in [5, 5.41) is 2.76. The number of carbonyl (C=O) groups is 1. The van der Waals surface area contributed by atoms with Gasteiger partial charge in [-0.25, -0.2) is 13.6 Å². The third-order valence-corrected chi connectivity index (χ3v) is 2.84. The first kappa shape index (κ1) is 17.7. The van der Waals surface area contributed by atoms with Gasteiger partial charge in [-0.3, -0.25) is 5.32 Å². The fourth-order valence-electron chi connectivity index (χ4n) is 1.74. The number of nitrogens with two attached hydrogens (primary N) is 1. The first-order chi connectivity index (χ1) is 9.64. The molecule has 0 aliphatic carbocycles. The number of ether oxygens (including phenoxy) is 1. The summed E-state index contributed by atoms with van der Waals surface area (Å²) in [5.41, 5.74) is 5.09. The maximum atomic E-state index is 13.0. The maximum absolute atomic E-state index is 13.0. The molecule has 7 heteroatoms. The van der Waals surface area contributed by atoms with Crippen LogP contribution in [0.2, 0.25) is 5.02 Å². The van der Waals surface area contributed by atoms with Crippen molar-refractivity contribution in [3.05, 3.63) is 28.8 Å². The number of alkyl halides is 2. The van der Waals surface area contributed by atoms with Crippen LogP contribution >= 0.6 is 11.6 Å². The van der Waals surface area contributed by atoms with Crippen molar-refractivity contribution < 1.29 is 18.3 Å². The number of carbonyl (C=O) groups excluding carboxylic acids is 1. The summed E-state index contributed by atoms with van der Waals surface area (Å²) in [6.45, 7) is 4.86. The maximum Gasteiger partial charge on any atom is 0.412 e. The van der Waals surface area contributed by atoms with E-state index in [0.29, 0.717) is 5.02 Å². The Hall–Kier alpha value is -1.40. The second-order valence-electron chi connectivity index (χ2n) is 5.54. The van der Waals surface area contributed by atoms with Gasteiger partial charge in [0.1, 0.15) is 5.60 Å². The third-order valence-electron chi connectivity index (χ3n) is 2.61. The molecule has 1 rings (SSSR count). The highest BCUT2D eigenvalue weighted by Crippen LogP contribution is 2.31. The number of amides is 1. The predicted octanol–water partition coefficient (Wildman–Crippen LogP) is 3.99. The molecule has 1 amide bonds. The fourth-order valence-corrected chi connectivity index (χ4v) is 1.91. The van der Waals surface area contributed by atoms with Gasteiger partial charge in [-0.1, -0.05) is 17.7 Å². The largest absolute Gasteiger partial charge is 0.444 e. The van der Waals surface area contributed by atoms with Crippen LogP contribution in [-0.2, 0) is 4.74 Å². The molecule has 1 aromatic carbocycles. The lowest BCUT2D eigenvalue weighted by Crippen LogP contribution is -2.28. The van der Waals surface area contributed by atoms with Gasteiger partial charge in [0, 0.05) is 17.3 Å². The normalized spacial score (nSPS) is 13.1. The summed E-state index contributed by atoms with van der Waals surface area (Å²) in [6.07, 6.45) is -3.38. The Bertz CT molecular complexity index is 504. The summed E-state index contributed by atoms with van der Waals surface area (Å²) in [5.74, 6) is -1.19. The van der Waals surface area contributed by atoms with Crippen LogP contribution in [0.5, 0.6) is 0 Å². The van der Waals surface area contributed by atoms with E-state index in [1.165, 1.54) is 18.2 Å². The molecule has 1 atom stereocenters. The summed E-state index contributed by atoms with van der Waals surface area (Å²) >= 11 is 5.85. The fraction of sp³-hybridized carbons (Fsp3) is 0.500. The lowest BCUT2D eigenvalue weighted by Gasteiger charge is -2.22. The molecule has 0 radical (unpaired) electrons. The molecule has 0 saturated carbocycles. The van der Waals surface area contributed by atoms with Crippen molar-refractivity contribution in [2.24, 2.45) is 5.73 Å². The lowest BCUT2D eigenvalue weighted by atomic mass is 9.98. The van der Waals surface area contributed by atoms with Crippen molar-refractivity contribution in [1.82, 2.24) is 0 Å². The van der Waals surface area contributed by atoms with E-state index in [4.69, 9.17) is 22.1 Å². The second kappa shape index (κ2) is 7.04. The van der Waals surface area contributed by atoms with Crippen LogP contribution < -0.4 is 11.1 Å². The van der Waals surface area contributed by atoms with Crippen LogP contribution in [0, 0.1) is 0 Å². The van der Waals surface area contributed by atoms with E-state index >= 15 is 0 Å². The minimum absolute atomic E-state index is 0.174. The zero-order valence-corrected chi connectivity index (χ0v) is 12.9. The Morgan fingerprint density at radius 1 is 1.43 bits per heavy atom. The Balaban J connectivity index is 3.05. The average Bonchev–Trinajstić information content (AvgIpc) is 2.29. The van der Waals surface area contributed by atoms with Crippen LogP contribution in [0.4, 0.5) is 19.3 Å². The lowest BCUT2D eigenvalue weighted by molar-refractivity contribution is 0.0634. The zero-order chi connectivity index (χ0) is 16.2. The van der Waals surface area contributed by atoms with Crippen LogP contribution in [0.3, 0.4) is 0 Å². The van der Waals surface area contributed by atoms with E-state index < -0.39 is 24.0 Å². The average molecular weight is 321 g/mol.